The first kappa shape index (κ1) is 17.5. The van der Waals surface area contributed by atoms with Crippen LogP contribution in [-0.4, -0.2) is 40.1 Å². The van der Waals surface area contributed by atoms with Crippen molar-refractivity contribution in [2.24, 2.45) is 11.7 Å². The van der Waals surface area contributed by atoms with Crippen LogP contribution in [0.1, 0.15) is 80.0 Å². The third-order valence-corrected chi connectivity index (χ3v) is 5.84. The van der Waals surface area contributed by atoms with Gasteiger partial charge in [-0.25, -0.2) is 4.98 Å². The van der Waals surface area contributed by atoms with Gasteiger partial charge in [0.1, 0.15) is 0 Å². The number of hydrogen-bond acceptors (Lipinski definition) is 5. The summed E-state index contributed by atoms with van der Waals surface area (Å²) in [5.74, 6) is 1.22. The van der Waals surface area contributed by atoms with E-state index in [-0.39, 0.29) is 17.9 Å². The van der Waals surface area contributed by atoms with E-state index in [9.17, 15) is 4.79 Å². The van der Waals surface area contributed by atoms with Gasteiger partial charge in [0, 0.05) is 30.7 Å². The van der Waals surface area contributed by atoms with Gasteiger partial charge in [-0.05, 0) is 50.5 Å². The monoisotopic (exact) mass is 356 g/mol. The lowest BCUT2D eigenvalue weighted by atomic mass is 9.90. The van der Waals surface area contributed by atoms with Gasteiger partial charge in [0.2, 0.25) is 0 Å². The number of nitrogens with two attached hydrogens (primary N) is 1. The zero-order valence-corrected chi connectivity index (χ0v) is 15.9. The average Bonchev–Trinajstić information content (AvgIpc) is 3.39. The normalized spacial score (nSPS) is 20.1. The van der Waals surface area contributed by atoms with Crippen LogP contribution >= 0.6 is 0 Å². The maximum Gasteiger partial charge on any atom is 0.259 e. The van der Waals surface area contributed by atoms with Crippen LogP contribution in [0, 0.1) is 5.92 Å². The minimum Gasteiger partial charge on any atom is -0.339 e. The maximum atomic E-state index is 13.4. The summed E-state index contributed by atoms with van der Waals surface area (Å²) in [6.07, 6.45) is 4.20. The highest BCUT2D eigenvalue weighted by Gasteiger charge is 2.32. The third-order valence-electron chi connectivity index (χ3n) is 5.84. The predicted molar refractivity (Wildman–Crippen MR) is 100 cm³/mol. The van der Waals surface area contributed by atoms with Crippen LogP contribution in [0.5, 0.6) is 0 Å². The summed E-state index contributed by atoms with van der Waals surface area (Å²) in [4.78, 5) is 20.0. The zero-order chi connectivity index (χ0) is 18.4. The molecule has 4 rings (SSSR count). The van der Waals surface area contributed by atoms with Crippen LogP contribution in [0.4, 0.5) is 0 Å². The molecule has 2 aromatic heterocycles. The van der Waals surface area contributed by atoms with Gasteiger partial charge in [0.25, 0.3) is 11.6 Å². The number of pyridine rings is 1. The molecule has 6 nitrogen and oxygen atoms in total. The molecule has 1 unspecified atom stereocenters. The summed E-state index contributed by atoms with van der Waals surface area (Å²) in [6, 6.07) is 2.18. The summed E-state index contributed by atoms with van der Waals surface area (Å²) < 4.78 is 5.51. The molecule has 1 amide bonds. The van der Waals surface area contributed by atoms with Crippen molar-refractivity contribution in [3.8, 4) is 0 Å². The van der Waals surface area contributed by atoms with Gasteiger partial charge in [0.05, 0.1) is 16.6 Å². The Kier molecular flexibility index (Phi) is 4.47. The number of carbonyl (C=O) groups excluding carboxylic acids is 1. The van der Waals surface area contributed by atoms with Crippen LogP contribution in [0.25, 0.3) is 11.1 Å². The van der Waals surface area contributed by atoms with Crippen LogP contribution in [0.3, 0.4) is 0 Å². The summed E-state index contributed by atoms with van der Waals surface area (Å²) in [6.45, 7) is 7.71. The van der Waals surface area contributed by atoms with Crippen molar-refractivity contribution < 1.29 is 9.32 Å². The molecule has 1 saturated heterocycles. The molecule has 6 heteroatoms. The Bertz CT molecular complexity index is 815. The van der Waals surface area contributed by atoms with E-state index in [4.69, 9.17) is 10.3 Å². The predicted octanol–water partition coefficient (Wildman–Crippen LogP) is 3.42. The summed E-state index contributed by atoms with van der Waals surface area (Å²) >= 11 is 0. The Morgan fingerprint density at radius 2 is 1.92 bits per heavy atom. The van der Waals surface area contributed by atoms with Gasteiger partial charge in [-0.3, -0.25) is 4.79 Å². The minimum atomic E-state index is 0.0764. The van der Waals surface area contributed by atoms with Gasteiger partial charge in [0.15, 0.2) is 0 Å². The molecule has 0 spiro atoms. The van der Waals surface area contributed by atoms with Crippen molar-refractivity contribution in [2.75, 3.05) is 13.1 Å². The van der Waals surface area contributed by atoms with Crippen molar-refractivity contribution in [1.82, 2.24) is 15.0 Å². The van der Waals surface area contributed by atoms with E-state index in [1.54, 1.807) is 0 Å². The van der Waals surface area contributed by atoms with E-state index < -0.39 is 0 Å². The Morgan fingerprint density at radius 3 is 2.50 bits per heavy atom. The summed E-state index contributed by atoms with van der Waals surface area (Å²) in [5, 5.41) is 5.01. The SMILES string of the molecule is CC(C)c1noc2nc(C3CC3)cc(C(=O)N3CCC(C(C)N)CC3)c12. The minimum absolute atomic E-state index is 0.0764. The molecule has 0 aromatic carbocycles. The molecular formula is C20H28N4O2. The second-order valence-corrected chi connectivity index (χ2v) is 8.26. The first-order chi connectivity index (χ1) is 12.5. The van der Waals surface area contributed by atoms with Crippen molar-refractivity contribution in [3.63, 3.8) is 0 Å². The molecule has 2 fully saturated rings. The van der Waals surface area contributed by atoms with Crippen LogP contribution in [-0.2, 0) is 0 Å². The van der Waals surface area contributed by atoms with Crippen molar-refractivity contribution in [3.05, 3.63) is 23.0 Å². The van der Waals surface area contributed by atoms with Gasteiger partial charge in [-0.1, -0.05) is 19.0 Å². The smallest absolute Gasteiger partial charge is 0.259 e. The Morgan fingerprint density at radius 1 is 1.23 bits per heavy atom. The van der Waals surface area contributed by atoms with E-state index in [0.717, 1.165) is 55.5 Å². The molecule has 0 bridgehead atoms. The average molecular weight is 356 g/mol. The molecule has 2 aliphatic rings. The van der Waals surface area contributed by atoms with E-state index >= 15 is 0 Å². The first-order valence-electron chi connectivity index (χ1n) is 9.80. The van der Waals surface area contributed by atoms with Gasteiger partial charge in [-0.15, -0.1) is 0 Å². The number of rotatable bonds is 4. The van der Waals surface area contributed by atoms with Gasteiger partial charge < -0.3 is 15.2 Å². The highest BCUT2D eigenvalue weighted by Crippen LogP contribution is 2.41. The molecule has 140 valence electrons. The van der Waals surface area contributed by atoms with E-state index in [0.29, 0.717) is 23.1 Å². The molecule has 2 aromatic rings. The van der Waals surface area contributed by atoms with Crippen molar-refractivity contribution >= 4 is 17.0 Å². The van der Waals surface area contributed by atoms with Crippen LogP contribution < -0.4 is 5.73 Å². The largest absolute Gasteiger partial charge is 0.339 e. The molecule has 0 radical (unpaired) electrons. The summed E-state index contributed by atoms with van der Waals surface area (Å²) in [5.41, 5.74) is 9.05. The fraction of sp³-hybridized carbons (Fsp3) is 0.650. The number of carbonyl (C=O) groups is 1. The number of nitrogens with zero attached hydrogens (tertiary/aromatic N) is 3. The lowest BCUT2D eigenvalue weighted by Gasteiger charge is -2.34. The second-order valence-electron chi connectivity index (χ2n) is 8.26. The highest BCUT2D eigenvalue weighted by molar-refractivity contribution is 6.06. The topological polar surface area (TPSA) is 85.2 Å². The van der Waals surface area contributed by atoms with Gasteiger partial charge >= 0.3 is 0 Å². The molecule has 26 heavy (non-hydrogen) atoms. The number of hydrogen-bond donors (Lipinski definition) is 1. The number of piperidine rings is 1. The lowest BCUT2D eigenvalue weighted by Crippen LogP contribution is -2.42. The van der Waals surface area contributed by atoms with E-state index in [1.165, 1.54) is 0 Å². The van der Waals surface area contributed by atoms with E-state index in [1.807, 2.05) is 11.0 Å². The standard InChI is InChI=1S/C20H28N4O2/c1-11(2)18-17-15(10-16(14-4-5-14)22-19(17)26-23-18)20(25)24-8-6-13(7-9-24)12(3)21/h10-14H,4-9,21H2,1-3H3. The lowest BCUT2D eigenvalue weighted by molar-refractivity contribution is 0.0682. The Balaban J connectivity index is 1.70. The third kappa shape index (κ3) is 3.11. The molecule has 1 saturated carbocycles. The van der Waals surface area contributed by atoms with Crippen LogP contribution in [0.2, 0.25) is 0 Å². The number of amides is 1. The molecule has 1 aliphatic heterocycles. The number of likely N-dealkylation sites (tertiary alicyclic amines) is 1. The zero-order valence-electron chi connectivity index (χ0n) is 15.9. The fourth-order valence-corrected chi connectivity index (χ4v) is 3.94. The highest BCUT2D eigenvalue weighted by atomic mass is 16.5. The maximum absolute atomic E-state index is 13.4. The Labute approximate surface area is 154 Å². The molecule has 3 heterocycles. The second kappa shape index (κ2) is 6.65. The number of fused-ring (bicyclic) bond motifs is 1. The molecular weight excluding hydrogens is 328 g/mol. The van der Waals surface area contributed by atoms with Gasteiger partial charge in [-0.2, -0.15) is 0 Å². The first-order valence-corrected chi connectivity index (χ1v) is 9.80. The summed E-state index contributed by atoms with van der Waals surface area (Å²) in [7, 11) is 0. The Hall–Kier alpha value is -1.95. The fourth-order valence-electron chi connectivity index (χ4n) is 3.94. The van der Waals surface area contributed by atoms with Crippen LogP contribution in [0.15, 0.2) is 10.6 Å². The molecule has 2 N–H and O–H groups in total. The van der Waals surface area contributed by atoms with Crippen molar-refractivity contribution in [2.45, 2.75) is 64.3 Å². The number of aromatic nitrogens is 2. The van der Waals surface area contributed by atoms with E-state index in [2.05, 4.69) is 30.9 Å². The molecule has 1 aliphatic carbocycles. The van der Waals surface area contributed by atoms with Crippen molar-refractivity contribution in [1.29, 1.82) is 0 Å². The molecule has 1 atom stereocenters. The quantitative estimate of drug-likeness (QED) is 0.907.